The van der Waals surface area contributed by atoms with E-state index in [1.807, 2.05) is 21.0 Å². The first-order valence-corrected chi connectivity index (χ1v) is 5.26. The van der Waals surface area contributed by atoms with Gasteiger partial charge in [-0.15, -0.1) is 0 Å². The van der Waals surface area contributed by atoms with Gasteiger partial charge in [-0.05, 0) is 24.5 Å². The second kappa shape index (κ2) is 6.53. The second-order valence-corrected chi connectivity index (χ2v) is 3.67. The molecule has 0 amide bonds. The van der Waals surface area contributed by atoms with Crippen molar-refractivity contribution in [2.75, 3.05) is 7.11 Å². The highest BCUT2D eigenvalue weighted by molar-refractivity contribution is 6.52. The molecular weight excluding hydrogens is 147 g/mol. The van der Waals surface area contributed by atoms with Crippen LogP contribution in [0.1, 0.15) is 34.1 Å². The first kappa shape index (κ1) is 12.0. The first-order chi connectivity index (χ1) is 5.74. The predicted molar refractivity (Wildman–Crippen MR) is 56.7 cm³/mol. The van der Waals surface area contributed by atoms with Gasteiger partial charge in [-0.1, -0.05) is 34.1 Å². The molecule has 1 fully saturated rings. The topological polar surface area (TPSA) is 9.23 Å². The molecule has 1 rings (SSSR count). The van der Waals surface area contributed by atoms with E-state index < -0.39 is 0 Å². The predicted octanol–water partition coefficient (Wildman–Crippen LogP) is 3.33. The fourth-order valence-corrected chi connectivity index (χ4v) is 1.79. The molecule has 2 heteroatoms. The van der Waals surface area contributed by atoms with Crippen LogP contribution >= 0.6 is 0 Å². The van der Waals surface area contributed by atoms with Gasteiger partial charge in [0.15, 0.2) is 0 Å². The fraction of sp³-hybridized carbons (Fsp3) is 1.00. The highest BCUT2D eigenvalue weighted by Gasteiger charge is 2.29. The third-order valence-corrected chi connectivity index (χ3v) is 2.70. The van der Waals surface area contributed by atoms with Crippen molar-refractivity contribution in [1.82, 2.24) is 0 Å². The van der Waals surface area contributed by atoms with E-state index in [9.17, 15) is 0 Å². The Morgan fingerprint density at radius 2 is 1.92 bits per heavy atom. The summed E-state index contributed by atoms with van der Waals surface area (Å²) < 4.78 is 5.29. The minimum absolute atomic E-state index is 0.562. The van der Waals surface area contributed by atoms with Gasteiger partial charge in [0.1, 0.15) is 0 Å². The maximum Gasteiger partial charge on any atom is 0.292 e. The van der Waals surface area contributed by atoms with Crippen LogP contribution < -0.4 is 0 Å². The normalized spacial score (nSPS) is 22.5. The summed E-state index contributed by atoms with van der Waals surface area (Å²) >= 11 is 0. The highest BCUT2D eigenvalue weighted by atomic mass is 16.4. The van der Waals surface area contributed by atoms with Crippen molar-refractivity contribution in [2.45, 2.75) is 46.8 Å². The molecule has 0 spiro atoms. The SMILES string of the molecule is CC.COB1CCC(C(C)C)C1. The lowest BCUT2D eigenvalue weighted by atomic mass is 9.65. The highest BCUT2D eigenvalue weighted by Crippen LogP contribution is 2.32. The van der Waals surface area contributed by atoms with Crippen LogP contribution in [0.2, 0.25) is 12.6 Å². The van der Waals surface area contributed by atoms with Crippen LogP contribution in [0.15, 0.2) is 0 Å². The van der Waals surface area contributed by atoms with E-state index in [1.54, 1.807) is 0 Å². The Morgan fingerprint density at radius 1 is 1.33 bits per heavy atom. The van der Waals surface area contributed by atoms with Crippen molar-refractivity contribution in [3.63, 3.8) is 0 Å². The molecule has 0 aromatic heterocycles. The Kier molecular flexibility index (Phi) is 6.54. The van der Waals surface area contributed by atoms with Crippen LogP contribution in [0.3, 0.4) is 0 Å². The molecule has 72 valence electrons. The number of hydrogen-bond acceptors (Lipinski definition) is 1. The molecule has 0 saturated carbocycles. The minimum atomic E-state index is 0.562. The van der Waals surface area contributed by atoms with Gasteiger partial charge in [0.2, 0.25) is 0 Å². The molecule has 1 saturated heterocycles. The molecular formula is C10H23BO. The van der Waals surface area contributed by atoms with Gasteiger partial charge in [0.25, 0.3) is 6.92 Å². The Hall–Kier alpha value is 0.0249. The van der Waals surface area contributed by atoms with Crippen molar-refractivity contribution in [3.8, 4) is 0 Å². The molecule has 0 N–H and O–H groups in total. The van der Waals surface area contributed by atoms with Crippen LogP contribution in [0.4, 0.5) is 0 Å². The lowest BCUT2D eigenvalue weighted by Gasteiger charge is -2.12. The molecule has 0 aromatic carbocycles. The van der Waals surface area contributed by atoms with E-state index in [1.165, 1.54) is 19.1 Å². The van der Waals surface area contributed by atoms with Crippen molar-refractivity contribution in [2.24, 2.45) is 11.8 Å². The van der Waals surface area contributed by atoms with Gasteiger partial charge >= 0.3 is 0 Å². The van der Waals surface area contributed by atoms with Gasteiger partial charge in [-0.3, -0.25) is 0 Å². The Bertz CT molecular complexity index is 104. The lowest BCUT2D eigenvalue weighted by Crippen LogP contribution is -2.11. The Morgan fingerprint density at radius 3 is 2.17 bits per heavy atom. The molecule has 1 unspecified atom stereocenters. The zero-order chi connectivity index (χ0) is 9.56. The van der Waals surface area contributed by atoms with Crippen LogP contribution in [-0.2, 0) is 4.65 Å². The van der Waals surface area contributed by atoms with Crippen LogP contribution in [0.5, 0.6) is 0 Å². The van der Waals surface area contributed by atoms with E-state index in [4.69, 9.17) is 4.65 Å². The number of rotatable bonds is 2. The zero-order valence-corrected chi connectivity index (χ0v) is 9.26. The monoisotopic (exact) mass is 170 g/mol. The van der Waals surface area contributed by atoms with Gasteiger partial charge in [-0.25, -0.2) is 0 Å². The third-order valence-electron chi connectivity index (χ3n) is 2.70. The maximum atomic E-state index is 5.29. The summed E-state index contributed by atoms with van der Waals surface area (Å²) in [5.41, 5.74) is 0. The summed E-state index contributed by atoms with van der Waals surface area (Å²) in [6.45, 7) is 9.18. The molecule has 0 bridgehead atoms. The smallest absolute Gasteiger partial charge is 0.292 e. The van der Waals surface area contributed by atoms with E-state index in [0.29, 0.717) is 6.92 Å². The molecule has 0 radical (unpaired) electrons. The van der Waals surface area contributed by atoms with Gasteiger partial charge in [0, 0.05) is 7.11 Å². The summed E-state index contributed by atoms with van der Waals surface area (Å²) in [4.78, 5) is 0. The van der Waals surface area contributed by atoms with E-state index in [2.05, 4.69) is 13.8 Å². The van der Waals surface area contributed by atoms with Crippen molar-refractivity contribution in [1.29, 1.82) is 0 Å². The third kappa shape index (κ3) is 3.62. The van der Waals surface area contributed by atoms with E-state index in [-0.39, 0.29) is 0 Å². The van der Waals surface area contributed by atoms with E-state index in [0.717, 1.165) is 11.8 Å². The fourth-order valence-electron chi connectivity index (χ4n) is 1.79. The molecule has 1 heterocycles. The van der Waals surface area contributed by atoms with Crippen molar-refractivity contribution in [3.05, 3.63) is 0 Å². The number of hydrogen-bond donors (Lipinski definition) is 0. The Labute approximate surface area is 78.0 Å². The summed E-state index contributed by atoms with van der Waals surface area (Å²) in [5, 5.41) is 0. The largest absolute Gasteiger partial charge is 0.438 e. The average Bonchev–Trinajstić information content (AvgIpc) is 2.55. The summed E-state index contributed by atoms with van der Waals surface area (Å²) in [6.07, 6.45) is 3.93. The average molecular weight is 170 g/mol. The zero-order valence-electron chi connectivity index (χ0n) is 9.26. The van der Waals surface area contributed by atoms with E-state index >= 15 is 0 Å². The first-order valence-electron chi connectivity index (χ1n) is 5.26. The summed E-state index contributed by atoms with van der Waals surface area (Å²) in [7, 11) is 1.83. The second-order valence-electron chi connectivity index (χ2n) is 3.67. The molecule has 12 heavy (non-hydrogen) atoms. The summed E-state index contributed by atoms with van der Waals surface area (Å²) in [5.74, 6) is 1.77. The lowest BCUT2D eigenvalue weighted by molar-refractivity contribution is 0.403. The summed E-state index contributed by atoms with van der Waals surface area (Å²) in [6, 6.07) is 0. The van der Waals surface area contributed by atoms with Crippen molar-refractivity contribution >= 4 is 6.92 Å². The van der Waals surface area contributed by atoms with Crippen LogP contribution in [0.25, 0.3) is 0 Å². The van der Waals surface area contributed by atoms with Crippen LogP contribution in [-0.4, -0.2) is 14.0 Å². The minimum Gasteiger partial charge on any atom is -0.438 e. The quantitative estimate of drug-likeness (QED) is 0.577. The maximum absolute atomic E-state index is 5.29. The molecule has 0 aliphatic carbocycles. The Balaban J connectivity index is 0.000000561. The molecule has 1 nitrogen and oxygen atoms in total. The molecule has 0 aromatic rings. The molecule has 1 aliphatic heterocycles. The van der Waals surface area contributed by atoms with Gasteiger partial charge < -0.3 is 4.65 Å². The van der Waals surface area contributed by atoms with Crippen LogP contribution in [0, 0.1) is 11.8 Å². The standard InChI is InChI=1S/C8H17BO.C2H6/c1-7(2)8-4-5-9(6-8)10-3;1-2/h7-8H,4-6H2,1-3H3;1-2H3. The van der Waals surface area contributed by atoms with Crippen molar-refractivity contribution < 1.29 is 4.65 Å². The van der Waals surface area contributed by atoms with Gasteiger partial charge in [-0.2, -0.15) is 0 Å². The van der Waals surface area contributed by atoms with Gasteiger partial charge in [0.05, 0.1) is 0 Å². The molecule has 1 aliphatic rings. The molecule has 1 atom stereocenters.